The highest BCUT2D eigenvalue weighted by molar-refractivity contribution is 5.81. The fraction of sp³-hybridized carbons (Fsp3) is 0.238. The van der Waals surface area contributed by atoms with Crippen molar-refractivity contribution in [2.45, 2.75) is 13.5 Å². The SMILES string of the molecule is COc1ccc2c(COC(=O)COc3ccc(C)cc3OC)cc(=O)oc2c1. The molecule has 0 unspecified atom stereocenters. The molecule has 1 aromatic heterocycles. The third-order valence-electron chi connectivity index (χ3n) is 4.09. The first-order valence-electron chi connectivity index (χ1n) is 8.54. The van der Waals surface area contributed by atoms with Gasteiger partial charge in [-0.2, -0.15) is 0 Å². The van der Waals surface area contributed by atoms with Gasteiger partial charge >= 0.3 is 11.6 Å². The summed E-state index contributed by atoms with van der Waals surface area (Å²) < 4.78 is 26.3. The van der Waals surface area contributed by atoms with E-state index in [1.54, 1.807) is 24.3 Å². The Labute approximate surface area is 161 Å². The third-order valence-corrected chi connectivity index (χ3v) is 4.09. The second kappa shape index (κ2) is 8.47. The van der Waals surface area contributed by atoms with Crippen LogP contribution >= 0.6 is 0 Å². The van der Waals surface area contributed by atoms with Crippen LogP contribution in [0.4, 0.5) is 0 Å². The van der Waals surface area contributed by atoms with E-state index in [1.165, 1.54) is 20.3 Å². The minimum absolute atomic E-state index is 0.0817. The lowest BCUT2D eigenvalue weighted by molar-refractivity contribution is -0.147. The van der Waals surface area contributed by atoms with E-state index in [2.05, 4.69) is 0 Å². The van der Waals surface area contributed by atoms with Gasteiger partial charge in [0.1, 0.15) is 17.9 Å². The molecular formula is C21H20O7. The van der Waals surface area contributed by atoms with Gasteiger partial charge in [0.2, 0.25) is 0 Å². The van der Waals surface area contributed by atoms with E-state index in [0.29, 0.717) is 33.8 Å². The summed E-state index contributed by atoms with van der Waals surface area (Å²) >= 11 is 0. The van der Waals surface area contributed by atoms with Crippen LogP contribution in [0.2, 0.25) is 0 Å². The number of carbonyl (C=O) groups excluding carboxylic acids is 1. The number of rotatable bonds is 7. The van der Waals surface area contributed by atoms with Gasteiger partial charge in [-0.1, -0.05) is 6.07 Å². The molecule has 0 aliphatic carbocycles. The second-order valence-corrected chi connectivity index (χ2v) is 6.06. The molecule has 0 aliphatic heterocycles. The van der Waals surface area contributed by atoms with Gasteiger partial charge in [-0.15, -0.1) is 0 Å². The molecule has 3 rings (SSSR count). The summed E-state index contributed by atoms with van der Waals surface area (Å²) in [7, 11) is 3.05. The third kappa shape index (κ3) is 4.43. The van der Waals surface area contributed by atoms with Crippen LogP contribution < -0.4 is 19.8 Å². The first-order valence-corrected chi connectivity index (χ1v) is 8.54. The summed E-state index contributed by atoms with van der Waals surface area (Å²) in [4.78, 5) is 23.8. The Hall–Kier alpha value is -3.48. The number of ether oxygens (including phenoxy) is 4. The van der Waals surface area contributed by atoms with Gasteiger partial charge in [-0.25, -0.2) is 9.59 Å². The van der Waals surface area contributed by atoms with Crippen molar-refractivity contribution in [2.24, 2.45) is 0 Å². The Balaban J connectivity index is 1.67. The van der Waals surface area contributed by atoms with Crippen LogP contribution in [0.3, 0.4) is 0 Å². The van der Waals surface area contributed by atoms with Crippen molar-refractivity contribution in [3.8, 4) is 17.2 Å². The molecule has 146 valence electrons. The lowest BCUT2D eigenvalue weighted by Gasteiger charge is -2.11. The highest BCUT2D eigenvalue weighted by Crippen LogP contribution is 2.28. The van der Waals surface area contributed by atoms with Crippen molar-refractivity contribution < 1.29 is 28.2 Å². The van der Waals surface area contributed by atoms with Crippen molar-refractivity contribution in [1.29, 1.82) is 0 Å². The Morgan fingerprint density at radius 1 is 1.00 bits per heavy atom. The minimum atomic E-state index is -0.572. The zero-order chi connectivity index (χ0) is 20.1. The van der Waals surface area contributed by atoms with Crippen molar-refractivity contribution >= 4 is 16.9 Å². The van der Waals surface area contributed by atoms with Crippen LogP contribution in [-0.2, 0) is 16.1 Å². The molecule has 28 heavy (non-hydrogen) atoms. The van der Waals surface area contributed by atoms with Crippen molar-refractivity contribution in [2.75, 3.05) is 20.8 Å². The number of hydrogen-bond acceptors (Lipinski definition) is 7. The van der Waals surface area contributed by atoms with Gasteiger partial charge in [-0.3, -0.25) is 0 Å². The van der Waals surface area contributed by atoms with Gasteiger partial charge < -0.3 is 23.4 Å². The maximum atomic E-state index is 12.1. The summed E-state index contributed by atoms with van der Waals surface area (Å²) in [5, 5.41) is 0.661. The molecule has 0 N–H and O–H groups in total. The number of benzene rings is 2. The maximum absolute atomic E-state index is 12.1. The monoisotopic (exact) mass is 384 g/mol. The van der Waals surface area contributed by atoms with Gasteiger partial charge in [0.15, 0.2) is 18.1 Å². The molecule has 0 spiro atoms. The zero-order valence-electron chi connectivity index (χ0n) is 15.8. The topological polar surface area (TPSA) is 84.2 Å². The Bertz CT molecular complexity index is 1050. The molecular weight excluding hydrogens is 364 g/mol. The van der Waals surface area contributed by atoms with E-state index in [0.717, 1.165) is 5.56 Å². The maximum Gasteiger partial charge on any atom is 0.344 e. The zero-order valence-corrected chi connectivity index (χ0v) is 15.8. The van der Waals surface area contributed by atoms with Gasteiger partial charge in [-0.05, 0) is 36.8 Å². The predicted octanol–water partition coefficient (Wildman–Crippen LogP) is 3.24. The minimum Gasteiger partial charge on any atom is -0.497 e. The molecule has 0 fully saturated rings. The Morgan fingerprint density at radius 3 is 2.57 bits per heavy atom. The molecule has 0 amide bonds. The fourth-order valence-electron chi connectivity index (χ4n) is 2.69. The van der Waals surface area contributed by atoms with Crippen LogP contribution in [0.25, 0.3) is 11.0 Å². The summed E-state index contributed by atoms with van der Waals surface area (Å²) in [5.74, 6) is 0.971. The lowest BCUT2D eigenvalue weighted by Crippen LogP contribution is -2.15. The van der Waals surface area contributed by atoms with Crippen molar-refractivity contribution in [3.05, 3.63) is 64.0 Å². The lowest BCUT2D eigenvalue weighted by atomic mass is 10.1. The number of hydrogen-bond donors (Lipinski definition) is 0. The predicted molar refractivity (Wildman–Crippen MR) is 102 cm³/mol. The molecule has 0 saturated carbocycles. The molecule has 0 aliphatic rings. The molecule has 2 aromatic carbocycles. The molecule has 1 heterocycles. The first-order chi connectivity index (χ1) is 13.5. The number of methoxy groups -OCH3 is 2. The van der Waals surface area contributed by atoms with Crippen molar-refractivity contribution in [3.63, 3.8) is 0 Å². The van der Waals surface area contributed by atoms with E-state index in [-0.39, 0.29) is 13.2 Å². The largest absolute Gasteiger partial charge is 0.497 e. The summed E-state index contributed by atoms with van der Waals surface area (Å²) in [6, 6.07) is 11.8. The van der Waals surface area contributed by atoms with Gasteiger partial charge in [0, 0.05) is 23.1 Å². The summed E-state index contributed by atoms with van der Waals surface area (Å²) in [6.45, 7) is 1.56. The number of fused-ring (bicyclic) bond motifs is 1. The quantitative estimate of drug-likeness (QED) is 0.457. The van der Waals surface area contributed by atoms with E-state index in [1.807, 2.05) is 19.1 Å². The van der Waals surface area contributed by atoms with Gasteiger partial charge in [0.25, 0.3) is 0 Å². The van der Waals surface area contributed by atoms with E-state index >= 15 is 0 Å². The van der Waals surface area contributed by atoms with E-state index in [9.17, 15) is 9.59 Å². The molecule has 0 atom stereocenters. The highest BCUT2D eigenvalue weighted by Gasteiger charge is 2.12. The summed E-state index contributed by atoms with van der Waals surface area (Å²) in [6.07, 6.45) is 0. The molecule has 0 saturated heterocycles. The number of esters is 1. The molecule has 0 bridgehead atoms. The second-order valence-electron chi connectivity index (χ2n) is 6.06. The first kappa shape index (κ1) is 19.3. The Morgan fingerprint density at radius 2 is 1.82 bits per heavy atom. The molecule has 7 heteroatoms. The smallest absolute Gasteiger partial charge is 0.344 e. The molecule has 3 aromatic rings. The summed E-state index contributed by atoms with van der Waals surface area (Å²) in [5.41, 5.74) is 1.37. The number of carbonyl (C=O) groups is 1. The van der Waals surface area contributed by atoms with Crippen LogP contribution in [0.5, 0.6) is 17.2 Å². The standard InChI is InChI=1S/C21H20O7/c1-13-4-7-17(19(8-13)25-3)26-12-21(23)27-11-14-9-20(22)28-18-10-15(24-2)5-6-16(14)18/h4-10H,11-12H2,1-3H3. The normalized spacial score (nSPS) is 10.5. The van der Waals surface area contributed by atoms with Gasteiger partial charge in [0.05, 0.1) is 14.2 Å². The van der Waals surface area contributed by atoms with Crippen LogP contribution in [0.1, 0.15) is 11.1 Å². The van der Waals surface area contributed by atoms with Crippen LogP contribution in [0.15, 0.2) is 51.7 Å². The molecule has 0 radical (unpaired) electrons. The van der Waals surface area contributed by atoms with Crippen LogP contribution in [-0.4, -0.2) is 26.8 Å². The fourth-order valence-corrected chi connectivity index (χ4v) is 2.69. The van der Waals surface area contributed by atoms with E-state index < -0.39 is 11.6 Å². The average Bonchev–Trinajstić information content (AvgIpc) is 2.70. The van der Waals surface area contributed by atoms with E-state index in [4.69, 9.17) is 23.4 Å². The Kier molecular flexibility index (Phi) is 5.84. The number of aryl methyl sites for hydroxylation is 1. The average molecular weight is 384 g/mol. The molecule has 7 nitrogen and oxygen atoms in total. The highest BCUT2D eigenvalue weighted by atomic mass is 16.6. The van der Waals surface area contributed by atoms with Crippen LogP contribution in [0, 0.1) is 6.92 Å². The van der Waals surface area contributed by atoms with Crippen molar-refractivity contribution in [1.82, 2.24) is 0 Å².